The molecule has 0 radical (unpaired) electrons. The van der Waals surface area contributed by atoms with Gasteiger partial charge in [0.15, 0.2) is 11.6 Å². The van der Waals surface area contributed by atoms with Gasteiger partial charge in [0, 0.05) is 13.1 Å². The highest BCUT2D eigenvalue weighted by Gasteiger charge is 2.13. The Labute approximate surface area is 90.7 Å². The average Bonchev–Trinajstić information content (AvgIpc) is 2.60. The van der Waals surface area contributed by atoms with E-state index in [1.54, 1.807) is 7.05 Å². The number of rotatable bonds is 2. The molecule has 0 bridgehead atoms. The molecule has 0 unspecified atom stereocenters. The third kappa shape index (κ3) is 1.79. The van der Waals surface area contributed by atoms with Crippen molar-refractivity contribution in [3.63, 3.8) is 0 Å². The Morgan fingerprint density at radius 3 is 2.69 bits per heavy atom. The number of halogens is 2. The Morgan fingerprint density at radius 2 is 2.12 bits per heavy atom. The Morgan fingerprint density at radius 1 is 1.38 bits per heavy atom. The molecule has 84 valence electrons. The van der Waals surface area contributed by atoms with Gasteiger partial charge >= 0.3 is 0 Å². The van der Waals surface area contributed by atoms with E-state index in [0.29, 0.717) is 11.6 Å². The second-order valence-corrected chi connectivity index (χ2v) is 3.30. The van der Waals surface area contributed by atoms with Gasteiger partial charge in [-0.15, -0.1) is 0 Å². The molecule has 1 aromatic carbocycles. The number of aryl methyl sites for hydroxylation is 1. The first-order valence-corrected chi connectivity index (χ1v) is 4.67. The highest BCUT2D eigenvalue weighted by molar-refractivity contribution is 5.56. The first kappa shape index (κ1) is 10.7. The molecule has 0 atom stereocenters. The number of benzene rings is 1. The van der Waals surface area contributed by atoms with E-state index in [9.17, 15) is 8.78 Å². The van der Waals surface area contributed by atoms with Gasteiger partial charge in [0.2, 0.25) is 0 Å². The van der Waals surface area contributed by atoms with Crippen LogP contribution in [0.25, 0.3) is 11.4 Å². The van der Waals surface area contributed by atoms with Gasteiger partial charge in [0.1, 0.15) is 11.6 Å². The lowest BCUT2D eigenvalue weighted by Gasteiger charge is -2.01. The molecule has 0 aliphatic rings. The van der Waals surface area contributed by atoms with E-state index in [1.807, 2.05) is 0 Å². The van der Waals surface area contributed by atoms with E-state index in [-0.39, 0.29) is 12.1 Å². The van der Waals surface area contributed by atoms with Crippen LogP contribution in [0.2, 0.25) is 0 Å². The summed E-state index contributed by atoms with van der Waals surface area (Å²) in [5.41, 5.74) is 5.58. The summed E-state index contributed by atoms with van der Waals surface area (Å²) in [5.74, 6) is -0.541. The minimum absolute atomic E-state index is 0.177. The highest BCUT2D eigenvalue weighted by atomic mass is 19.1. The molecule has 0 amide bonds. The Bertz CT molecular complexity index is 522. The van der Waals surface area contributed by atoms with Crippen molar-refractivity contribution < 1.29 is 8.78 Å². The van der Waals surface area contributed by atoms with Crippen molar-refractivity contribution in [1.82, 2.24) is 14.8 Å². The van der Waals surface area contributed by atoms with Crippen LogP contribution in [-0.4, -0.2) is 14.8 Å². The standard InChI is InChI=1S/C10H10F2N4/c1-16-10(14-9(5-13)15-16)7-3-2-6(11)4-8(7)12/h2-4H,5,13H2,1H3. The molecule has 2 aromatic rings. The maximum Gasteiger partial charge on any atom is 0.164 e. The monoisotopic (exact) mass is 224 g/mol. The molecule has 0 aliphatic heterocycles. The van der Waals surface area contributed by atoms with Gasteiger partial charge < -0.3 is 5.73 Å². The molecule has 16 heavy (non-hydrogen) atoms. The van der Waals surface area contributed by atoms with E-state index < -0.39 is 11.6 Å². The predicted octanol–water partition coefficient (Wildman–Crippen LogP) is 1.22. The van der Waals surface area contributed by atoms with Crippen molar-refractivity contribution in [2.24, 2.45) is 12.8 Å². The van der Waals surface area contributed by atoms with Crippen LogP contribution in [0.5, 0.6) is 0 Å². The van der Waals surface area contributed by atoms with Crippen molar-refractivity contribution in [3.8, 4) is 11.4 Å². The van der Waals surface area contributed by atoms with Crippen LogP contribution in [0.15, 0.2) is 18.2 Å². The molecular weight excluding hydrogens is 214 g/mol. The number of hydrogen-bond acceptors (Lipinski definition) is 3. The van der Waals surface area contributed by atoms with Gasteiger partial charge in [-0.25, -0.2) is 18.4 Å². The summed E-state index contributed by atoms with van der Waals surface area (Å²) in [6.45, 7) is 0.177. The summed E-state index contributed by atoms with van der Waals surface area (Å²) >= 11 is 0. The summed E-state index contributed by atoms with van der Waals surface area (Å²) in [6.07, 6.45) is 0. The lowest BCUT2D eigenvalue weighted by molar-refractivity contribution is 0.583. The van der Waals surface area contributed by atoms with Crippen LogP contribution in [0.3, 0.4) is 0 Å². The maximum absolute atomic E-state index is 13.5. The summed E-state index contributed by atoms with van der Waals surface area (Å²) in [5, 5.41) is 3.99. The van der Waals surface area contributed by atoms with E-state index in [1.165, 1.54) is 16.8 Å². The molecule has 0 aliphatic carbocycles. The number of nitrogens with two attached hydrogens (primary N) is 1. The van der Waals surface area contributed by atoms with E-state index in [2.05, 4.69) is 10.1 Å². The van der Waals surface area contributed by atoms with Gasteiger partial charge in [0.05, 0.1) is 12.1 Å². The minimum Gasteiger partial charge on any atom is -0.324 e. The molecule has 2 N–H and O–H groups in total. The van der Waals surface area contributed by atoms with Crippen LogP contribution in [-0.2, 0) is 13.6 Å². The Kier molecular flexibility index (Phi) is 2.66. The van der Waals surface area contributed by atoms with Gasteiger partial charge in [0.25, 0.3) is 0 Å². The molecule has 4 nitrogen and oxygen atoms in total. The van der Waals surface area contributed by atoms with Crippen LogP contribution in [0.1, 0.15) is 5.82 Å². The van der Waals surface area contributed by atoms with Crippen molar-refractivity contribution >= 4 is 0 Å². The van der Waals surface area contributed by atoms with Gasteiger partial charge in [-0.2, -0.15) is 5.10 Å². The molecule has 1 aromatic heterocycles. The van der Waals surface area contributed by atoms with Gasteiger partial charge in [-0.05, 0) is 12.1 Å². The van der Waals surface area contributed by atoms with Crippen LogP contribution >= 0.6 is 0 Å². The molecule has 0 spiro atoms. The topological polar surface area (TPSA) is 56.7 Å². The molecular formula is C10H10F2N4. The fourth-order valence-electron chi connectivity index (χ4n) is 1.43. The maximum atomic E-state index is 13.5. The second kappa shape index (κ2) is 3.97. The molecule has 1 heterocycles. The lowest BCUT2D eigenvalue weighted by Crippen LogP contribution is -1.99. The molecule has 0 saturated carbocycles. The average molecular weight is 224 g/mol. The smallest absolute Gasteiger partial charge is 0.164 e. The first-order valence-electron chi connectivity index (χ1n) is 4.67. The SMILES string of the molecule is Cn1nc(CN)nc1-c1ccc(F)cc1F. The summed E-state index contributed by atoms with van der Waals surface area (Å²) in [7, 11) is 1.63. The third-order valence-electron chi connectivity index (χ3n) is 2.16. The summed E-state index contributed by atoms with van der Waals surface area (Å²) < 4.78 is 27.6. The van der Waals surface area contributed by atoms with Crippen molar-refractivity contribution in [3.05, 3.63) is 35.7 Å². The number of nitrogens with zero attached hydrogens (tertiary/aromatic N) is 3. The Hall–Kier alpha value is -1.82. The zero-order valence-electron chi connectivity index (χ0n) is 8.61. The zero-order chi connectivity index (χ0) is 11.7. The van der Waals surface area contributed by atoms with E-state index in [4.69, 9.17) is 5.73 Å². The Balaban J connectivity index is 2.53. The predicted molar refractivity (Wildman–Crippen MR) is 54.2 cm³/mol. The van der Waals surface area contributed by atoms with Crippen LogP contribution in [0, 0.1) is 11.6 Å². The first-order chi connectivity index (χ1) is 7.61. The van der Waals surface area contributed by atoms with Gasteiger partial charge in [-0.3, -0.25) is 0 Å². The quantitative estimate of drug-likeness (QED) is 0.834. The largest absolute Gasteiger partial charge is 0.324 e. The van der Waals surface area contributed by atoms with Crippen molar-refractivity contribution in [2.45, 2.75) is 6.54 Å². The normalized spacial score (nSPS) is 10.8. The molecule has 2 rings (SSSR count). The van der Waals surface area contributed by atoms with Crippen molar-refractivity contribution in [2.75, 3.05) is 0 Å². The third-order valence-corrected chi connectivity index (χ3v) is 2.16. The molecule has 0 saturated heterocycles. The van der Waals surface area contributed by atoms with Crippen LogP contribution in [0.4, 0.5) is 8.78 Å². The fourth-order valence-corrected chi connectivity index (χ4v) is 1.43. The van der Waals surface area contributed by atoms with Crippen molar-refractivity contribution in [1.29, 1.82) is 0 Å². The summed E-state index contributed by atoms with van der Waals surface area (Å²) in [6, 6.07) is 3.32. The summed E-state index contributed by atoms with van der Waals surface area (Å²) in [4.78, 5) is 4.05. The molecule has 0 fully saturated rings. The number of hydrogen-bond donors (Lipinski definition) is 1. The second-order valence-electron chi connectivity index (χ2n) is 3.30. The van der Waals surface area contributed by atoms with Gasteiger partial charge in [-0.1, -0.05) is 0 Å². The van der Waals surface area contributed by atoms with E-state index >= 15 is 0 Å². The van der Waals surface area contributed by atoms with E-state index in [0.717, 1.165) is 6.07 Å². The van der Waals surface area contributed by atoms with Crippen LogP contribution < -0.4 is 5.73 Å². The minimum atomic E-state index is -0.668. The highest BCUT2D eigenvalue weighted by Crippen LogP contribution is 2.21. The lowest BCUT2D eigenvalue weighted by atomic mass is 10.2. The number of aromatic nitrogens is 3. The zero-order valence-corrected chi connectivity index (χ0v) is 8.61. The molecule has 6 heteroatoms. The fraction of sp³-hybridized carbons (Fsp3) is 0.200.